The van der Waals surface area contributed by atoms with Crippen molar-refractivity contribution in [1.29, 1.82) is 0 Å². The van der Waals surface area contributed by atoms with Crippen LogP contribution in [0.25, 0.3) is 22.5 Å². The first-order valence-corrected chi connectivity index (χ1v) is 11.3. The Morgan fingerprint density at radius 3 is 2.47 bits per heavy atom. The molecule has 1 fully saturated rings. The molecule has 32 heavy (non-hydrogen) atoms. The fourth-order valence-corrected chi connectivity index (χ4v) is 4.65. The van der Waals surface area contributed by atoms with Gasteiger partial charge in [0, 0.05) is 23.3 Å². The fourth-order valence-electron chi connectivity index (χ4n) is 3.79. The normalized spacial score (nSPS) is 20.6. The van der Waals surface area contributed by atoms with Gasteiger partial charge in [-0.2, -0.15) is 0 Å². The minimum atomic E-state index is -1.04. The number of thioether (sulfide) groups is 1. The number of carbonyl (C=O) groups excluding carboxylic acids is 1. The van der Waals surface area contributed by atoms with Gasteiger partial charge in [-0.05, 0) is 31.2 Å². The highest BCUT2D eigenvalue weighted by atomic mass is 32.2. The fraction of sp³-hybridized carbons (Fsp3) is 0.333. The summed E-state index contributed by atoms with van der Waals surface area (Å²) in [4.78, 5) is 20.1. The molecule has 168 valence electrons. The zero-order valence-electron chi connectivity index (χ0n) is 18.3. The minimum absolute atomic E-state index is 0.0227. The number of hydrogen-bond acceptors (Lipinski definition) is 7. The van der Waals surface area contributed by atoms with Crippen LogP contribution in [0, 0.1) is 0 Å². The van der Waals surface area contributed by atoms with Crippen LogP contribution in [0.15, 0.2) is 53.7 Å². The lowest BCUT2D eigenvalue weighted by Crippen LogP contribution is -2.41. The van der Waals surface area contributed by atoms with E-state index in [1.165, 1.54) is 11.8 Å². The molecule has 1 aliphatic heterocycles. The second kappa shape index (κ2) is 9.26. The van der Waals surface area contributed by atoms with Gasteiger partial charge in [0.25, 0.3) is 0 Å². The molecule has 0 spiro atoms. The van der Waals surface area contributed by atoms with Gasteiger partial charge in [-0.3, -0.25) is 4.79 Å². The molecule has 2 atom stereocenters. The van der Waals surface area contributed by atoms with E-state index in [0.29, 0.717) is 17.3 Å². The number of ether oxygens (including phenoxy) is 3. The Hall–Kier alpha value is -2.97. The average molecular weight is 455 g/mol. The Morgan fingerprint density at radius 2 is 1.81 bits per heavy atom. The molecule has 3 aromatic rings. The second-order valence-electron chi connectivity index (χ2n) is 8.03. The standard InChI is InChI=1S/C24H26N2O5S/c1-24(28)12-19(31-20(27)13-24)14-32-23-25-21(15-6-4-8-17(10-15)29-2)22(26-23)16-7-5-9-18(11-16)30-3/h4-11,19,28H,12-14H2,1-3H3,(H,25,26)/t19-,24?/m0/s1. The third-order valence-electron chi connectivity index (χ3n) is 5.28. The van der Waals surface area contributed by atoms with Crippen molar-refractivity contribution >= 4 is 17.7 Å². The molecule has 1 saturated heterocycles. The number of benzene rings is 2. The van der Waals surface area contributed by atoms with Crippen LogP contribution in [-0.4, -0.2) is 52.7 Å². The van der Waals surface area contributed by atoms with E-state index in [4.69, 9.17) is 19.2 Å². The van der Waals surface area contributed by atoms with Gasteiger partial charge >= 0.3 is 5.97 Å². The van der Waals surface area contributed by atoms with Crippen LogP contribution >= 0.6 is 11.8 Å². The molecule has 1 aliphatic rings. The summed E-state index contributed by atoms with van der Waals surface area (Å²) in [6.45, 7) is 1.67. The number of imidazole rings is 1. The topological polar surface area (TPSA) is 93.7 Å². The zero-order chi connectivity index (χ0) is 22.7. The second-order valence-corrected chi connectivity index (χ2v) is 9.04. The van der Waals surface area contributed by atoms with Crippen molar-refractivity contribution in [3.8, 4) is 34.0 Å². The molecule has 0 saturated carbocycles. The van der Waals surface area contributed by atoms with Gasteiger partial charge in [0.1, 0.15) is 17.6 Å². The van der Waals surface area contributed by atoms with Crippen molar-refractivity contribution in [2.24, 2.45) is 0 Å². The van der Waals surface area contributed by atoms with Crippen molar-refractivity contribution in [3.05, 3.63) is 48.5 Å². The Labute approximate surface area is 191 Å². The van der Waals surface area contributed by atoms with Gasteiger partial charge in [-0.1, -0.05) is 36.0 Å². The third-order valence-corrected chi connectivity index (χ3v) is 6.29. The number of aromatic amines is 1. The predicted octanol–water partition coefficient (Wildman–Crippen LogP) is 4.31. The summed E-state index contributed by atoms with van der Waals surface area (Å²) in [5.41, 5.74) is 2.45. The van der Waals surface area contributed by atoms with E-state index in [1.54, 1.807) is 21.1 Å². The van der Waals surface area contributed by atoms with E-state index in [-0.39, 0.29) is 18.5 Å². The number of carbonyl (C=O) groups is 1. The molecular weight excluding hydrogens is 428 g/mol. The number of aliphatic hydroxyl groups is 1. The molecule has 0 radical (unpaired) electrons. The zero-order valence-corrected chi connectivity index (χ0v) is 19.1. The van der Waals surface area contributed by atoms with Crippen LogP contribution in [0.2, 0.25) is 0 Å². The Kier molecular flexibility index (Phi) is 6.43. The molecule has 1 aromatic heterocycles. The number of rotatable bonds is 7. The van der Waals surface area contributed by atoms with Crippen LogP contribution in [0.4, 0.5) is 0 Å². The number of cyclic esters (lactones) is 1. The molecule has 8 heteroatoms. The van der Waals surface area contributed by atoms with Crippen molar-refractivity contribution in [2.45, 2.75) is 36.6 Å². The highest BCUT2D eigenvalue weighted by Gasteiger charge is 2.36. The van der Waals surface area contributed by atoms with Crippen LogP contribution in [0.5, 0.6) is 11.5 Å². The first-order valence-electron chi connectivity index (χ1n) is 10.3. The van der Waals surface area contributed by atoms with Crippen molar-refractivity contribution in [3.63, 3.8) is 0 Å². The number of nitrogens with zero attached hydrogens (tertiary/aromatic N) is 1. The number of methoxy groups -OCH3 is 2. The predicted molar refractivity (Wildman–Crippen MR) is 123 cm³/mol. The van der Waals surface area contributed by atoms with Gasteiger partial charge in [-0.25, -0.2) is 4.98 Å². The van der Waals surface area contributed by atoms with Crippen molar-refractivity contribution < 1.29 is 24.1 Å². The molecular formula is C24H26N2O5S. The van der Waals surface area contributed by atoms with E-state index in [0.717, 1.165) is 34.0 Å². The molecule has 0 amide bonds. The number of aromatic nitrogens is 2. The molecule has 1 unspecified atom stereocenters. The maximum Gasteiger partial charge on any atom is 0.309 e. The largest absolute Gasteiger partial charge is 0.497 e. The van der Waals surface area contributed by atoms with Gasteiger partial charge in [0.2, 0.25) is 0 Å². The highest BCUT2D eigenvalue weighted by molar-refractivity contribution is 7.99. The van der Waals surface area contributed by atoms with Crippen LogP contribution in [-0.2, 0) is 9.53 Å². The first-order chi connectivity index (χ1) is 15.4. The van der Waals surface area contributed by atoms with Gasteiger partial charge in [-0.15, -0.1) is 0 Å². The van der Waals surface area contributed by atoms with Gasteiger partial charge < -0.3 is 24.3 Å². The number of esters is 1. The summed E-state index contributed by atoms with van der Waals surface area (Å²) >= 11 is 1.46. The van der Waals surface area contributed by atoms with E-state index >= 15 is 0 Å². The smallest absolute Gasteiger partial charge is 0.309 e. The van der Waals surface area contributed by atoms with Crippen LogP contribution in [0.1, 0.15) is 19.8 Å². The van der Waals surface area contributed by atoms with Crippen LogP contribution < -0.4 is 9.47 Å². The summed E-state index contributed by atoms with van der Waals surface area (Å²) in [6.07, 6.45) is 0.0502. The van der Waals surface area contributed by atoms with Gasteiger partial charge in [0.05, 0.1) is 37.6 Å². The lowest BCUT2D eigenvalue weighted by Gasteiger charge is -2.32. The number of nitrogens with one attached hydrogen (secondary N) is 1. The van der Waals surface area contributed by atoms with Crippen LogP contribution in [0.3, 0.4) is 0 Å². The summed E-state index contributed by atoms with van der Waals surface area (Å²) in [7, 11) is 3.27. The summed E-state index contributed by atoms with van der Waals surface area (Å²) in [6, 6.07) is 15.5. The quantitative estimate of drug-likeness (QED) is 0.406. The molecule has 2 N–H and O–H groups in total. The first kappa shape index (κ1) is 22.2. The average Bonchev–Trinajstić information content (AvgIpc) is 3.21. The molecule has 7 nitrogen and oxygen atoms in total. The summed E-state index contributed by atoms with van der Waals surface area (Å²) < 4.78 is 16.2. The molecule has 4 rings (SSSR count). The van der Waals surface area contributed by atoms with Crippen molar-refractivity contribution in [2.75, 3.05) is 20.0 Å². The van der Waals surface area contributed by atoms with Gasteiger partial charge in [0.15, 0.2) is 5.16 Å². The molecule has 2 aromatic carbocycles. The minimum Gasteiger partial charge on any atom is -0.497 e. The maximum atomic E-state index is 11.8. The monoisotopic (exact) mass is 454 g/mol. The Morgan fingerprint density at radius 1 is 1.16 bits per heavy atom. The Balaban J connectivity index is 1.65. The maximum absolute atomic E-state index is 11.8. The molecule has 2 heterocycles. The summed E-state index contributed by atoms with van der Waals surface area (Å²) in [5, 5.41) is 11.0. The summed E-state index contributed by atoms with van der Waals surface area (Å²) in [5.74, 6) is 1.61. The SMILES string of the molecule is COc1cccc(-c2nc(SC[C@@H]3CC(C)(O)CC(=O)O3)[nH]c2-c2cccc(OC)c2)c1. The van der Waals surface area contributed by atoms with E-state index in [1.807, 2.05) is 48.5 Å². The van der Waals surface area contributed by atoms with E-state index < -0.39 is 5.60 Å². The van der Waals surface area contributed by atoms with E-state index in [9.17, 15) is 9.90 Å². The molecule has 0 bridgehead atoms. The lowest BCUT2D eigenvalue weighted by molar-refractivity contribution is -0.165. The number of H-pyrrole nitrogens is 1. The van der Waals surface area contributed by atoms with Crippen molar-refractivity contribution in [1.82, 2.24) is 9.97 Å². The number of hydrogen-bond donors (Lipinski definition) is 2. The third kappa shape index (κ3) is 5.08. The molecule has 0 aliphatic carbocycles. The Bertz CT molecular complexity index is 1050. The highest BCUT2D eigenvalue weighted by Crippen LogP contribution is 2.36. The lowest BCUT2D eigenvalue weighted by atomic mass is 9.93. The van der Waals surface area contributed by atoms with E-state index in [2.05, 4.69) is 4.98 Å².